The molecule has 0 bridgehead atoms. The number of rotatable bonds is 4. The molecule has 0 aliphatic heterocycles. The normalized spacial score (nSPS) is 10.2. The van der Waals surface area contributed by atoms with Crippen molar-refractivity contribution in [1.82, 2.24) is 9.55 Å². The fourth-order valence-corrected chi connectivity index (χ4v) is 1.48. The third-order valence-electron chi connectivity index (χ3n) is 2.55. The highest BCUT2D eigenvalue weighted by Crippen LogP contribution is 2.26. The molecule has 5 nitrogen and oxygen atoms in total. The maximum Gasteiger partial charge on any atom is 0.161 e. The van der Waals surface area contributed by atoms with Crippen molar-refractivity contribution in [2.45, 2.75) is 6.61 Å². The van der Waals surface area contributed by atoms with Crippen LogP contribution in [0.4, 0.5) is 5.82 Å². The minimum absolute atomic E-state index is 0.355. The van der Waals surface area contributed by atoms with Gasteiger partial charge < -0.3 is 19.8 Å². The van der Waals surface area contributed by atoms with Gasteiger partial charge in [0, 0.05) is 7.05 Å². The van der Waals surface area contributed by atoms with Crippen molar-refractivity contribution in [3.8, 4) is 11.5 Å². The number of nitrogens with two attached hydrogens (primary N) is 1. The molecule has 0 saturated carbocycles. The van der Waals surface area contributed by atoms with Gasteiger partial charge in [0.2, 0.25) is 0 Å². The Bertz CT molecular complexity index is 508. The number of benzene rings is 1. The van der Waals surface area contributed by atoms with E-state index >= 15 is 0 Å². The average molecular weight is 233 g/mol. The molecule has 0 fully saturated rings. The van der Waals surface area contributed by atoms with Crippen LogP contribution in [0.3, 0.4) is 0 Å². The molecule has 90 valence electrons. The SMILES string of the molecule is COc1ccccc1OCc1ncc(N)n1C. The van der Waals surface area contributed by atoms with Gasteiger partial charge >= 0.3 is 0 Å². The Labute approximate surface area is 99.8 Å². The summed E-state index contributed by atoms with van der Waals surface area (Å²) in [7, 11) is 3.46. The molecule has 0 saturated heterocycles. The lowest BCUT2D eigenvalue weighted by atomic mass is 10.3. The van der Waals surface area contributed by atoms with Crippen LogP contribution in [0.15, 0.2) is 30.5 Å². The van der Waals surface area contributed by atoms with Crippen molar-refractivity contribution in [3.63, 3.8) is 0 Å². The average Bonchev–Trinajstić information content (AvgIpc) is 2.68. The van der Waals surface area contributed by atoms with Crippen LogP contribution in [0.2, 0.25) is 0 Å². The molecule has 0 unspecified atom stereocenters. The first-order valence-corrected chi connectivity index (χ1v) is 5.24. The maximum absolute atomic E-state index is 5.69. The predicted molar refractivity (Wildman–Crippen MR) is 64.9 cm³/mol. The topological polar surface area (TPSA) is 62.3 Å². The zero-order chi connectivity index (χ0) is 12.3. The van der Waals surface area contributed by atoms with Crippen molar-refractivity contribution in [3.05, 3.63) is 36.3 Å². The molecular weight excluding hydrogens is 218 g/mol. The smallest absolute Gasteiger partial charge is 0.161 e. The number of hydrogen-bond acceptors (Lipinski definition) is 4. The van der Waals surface area contributed by atoms with E-state index in [0.29, 0.717) is 23.9 Å². The van der Waals surface area contributed by atoms with Gasteiger partial charge in [0.25, 0.3) is 0 Å². The van der Waals surface area contributed by atoms with Gasteiger partial charge in [-0.25, -0.2) is 4.98 Å². The number of aromatic nitrogens is 2. The Kier molecular flexibility index (Phi) is 3.18. The molecule has 1 aromatic heterocycles. The zero-order valence-electron chi connectivity index (χ0n) is 9.88. The van der Waals surface area contributed by atoms with E-state index in [2.05, 4.69) is 4.98 Å². The third kappa shape index (κ3) is 2.33. The summed E-state index contributed by atoms with van der Waals surface area (Å²) in [5, 5.41) is 0. The Hall–Kier alpha value is -2.17. The van der Waals surface area contributed by atoms with E-state index in [1.807, 2.05) is 31.3 Å². The summed E-state index contributed by atoms with van der Waals surface area (Å²) >= 11 is 0. The highest BCUT2D eigenvalue weighted by atomic mass is 16.5. The lowest BCUT2D eigenvalue weighted by Gasteiger charge is -2.10. The molecule has 2 rings (SSSR count). The van der Waals surface area contributed by atoms with Crippen LogP contribution in [0.25, 0.3) is 0 Å². The third-order valence-corrected chi connectivity index (χ3v) is 2.55. The summed E-state index contributed by atoms with van der Waals surface area (Å²) in [4.78, 5) is 4.16. The number of anilines is 1. The Morgan fingerprint density at radius 1 is 1.29 bits per heavy atom. The van der Waals surface area contributed by atoms with Crippen LogP contribution in [0, 0.1) is 0 Å². The number of ether oxygens (including phenoxy) is 2. The molecule has 2 N–H and O–H groups in total. The zero-order valence-corrected chi connectivity index (χ0v) is 9.88. The first kappa shape index (κ1) is 11.3. The van der Waals surface area contributed by atoms with E-state index < -0.39 is 0 Å². The van der Waals surface area contributed by atoms with Crippen LogP contribution >= 0.6 is 0 Å². The van der Waals surface area contributed by atoms with E-state index in [1.54, 1.807) is 17.9 Å². The Balaban J connectivity index is 2.10. The summed E-state index contributed by atoms with van der Waals surface area (Å²) < 4.78 is 12.6. The van der Waals surface area contributed by atoms with E-state index in [-0.39, 0.29) is 0 Å². The Morgan fingerprint density at radius 2 is 2.00 bits per heavy atom. The van der Waals surface area contributed by atoms with Crippen LogP contribution in [-0.4, -0.2) is 16.7 Å². The molecule has 17 heavy (non-hydrogen) atoms. The lowest BCUT2D eigenvalue weighted by molar-refractivity contribution is 0.273. The maximum atomic E-state index is 5.69. The van der Waals surface area contributed by atoms with Gasteiger partial charge in [-0.05, 0) is 12.1 Å². The quantitative estimate of drug-likeness (QED) is 0.871. The fourth-order valence-electron chi connectivity index (χ4n) is 1.48. The van der Waals surface area contributed by atoms with Gasteiger partial charge in [-0.2, -0.15) is 0 Å². The van der Waals surface area contributed by atoms with Crippen LogP contribution in [0.1, 0.15) is 5.82 Å². The number of imidazole rings is 1. The summed E-state index contributed by atoms with van der Waals surface area (Å²) in [5.41, 5.74) is 5.69. The van der Waals surface area contributed by atoms with Gasteiger partial charge in [0.1, 0.15) is 18.2 Å². The molecule has 0 radical (unpaired) electrons. The molecule has 0 atom stereocenters. The van der Waals surface area contributed by atoms with Crippen molar-refractivity contribution < 1.29 is 9.47 Å². The summed E-state index contributed by atoms with van der Waals surface area (Å²) in [6, 6.07) is 7.49. The first-order valence-electron chi connectivity index (χ1n) is 5.24. The molecule has 0 spiro atoms. The Morgan fingerprint density at radius 3 is 2.59 bits per heavy atom. The van der Waals surface area contributed by atoms with E-state index in [0.717, 1.165) is 5.82 Å². The second-order valence-corrected chi connectivity index (χ2v) is 3.60. The van der Waals surface area contributed by atoms with Crippen LogP contribution < -0.4 is 15.2 Å². The van der Waals surface area contributed by atoms with E-state index in [1.165, 1.54) is 0 Å². The molecule has 0 aliphatic carbocycles. The summed E-state index contributed by atoms with van der Waals surface area (Å²) in [6.07, 6.45) is 1.61. The molecular formula is C12H15N3O2. The minimum atomic E-state index is 0.355. The fraction of sp³-hybridized carbons (Fsp3) is 0.250. The van der Waals surface area contributed by atoms with Gasteiger partial charge in [0.15, 0.2) is 11.5 Å². The molecule has 1 heterocycles. The second kappa shape index (κ2) is 4.78. The minimum Gasteiger partial charge on any atom is -0.493 e. The van der Waals surface area contributed by atoms with Crippen molar-refractivity contribution in [2.75, 3.05) is 12.8 Å². The lowest BCUT2D eigenvalue weighted by Crippen LogP contribution is -2.06. The van der Waals surface area contributed by atoms with Gasteiger partial charge in [0.05, 0.1) is 13.3 Å². The molecule has 2 aromatic rings. The van der Waals surface area contributed by atoms with Gasteiger partial charge in [-0.1, -0.05) is 12.1 Å². The molecule has 0 amide bonds. The standard InChI is InChI=1S/C12H15N3O2/c1-15-11(13)7-14-12(15)8-17-10-6-4-3-5-9(10)16-2/h3-7H,8,13H2,1-2H3. The van der Waals surface area contributed by atoms with Crippen molar-refractivity contribution in [2.24, 2.45) is 7.05 Å². The highest BCUT2D eigenvalue weighted by molar-refractivity contribution is 5.39. The van der Waals surface area contributed by atoms with E-state index in [4.69, 9.17) is 15.2 Å². The summed E-state index contributed by atoms with van der Waals surface area (Å²) in [5.74, 6) is 2.78. The predicted octanol–water partition coefficient (Wildman–Crippen LogP) is 1.59. The highest BCUT2D eigenvalue weighted by Gasteiger charge is 2.07. The number of nitrogens with zero attached hydrogens (tertiary/aromatic N) is 2. The number of nitrogen functional groups attached to an aromatic ring is 1. The van der Waals surface area contributed by atoms with Crippen molar-refractivity contribution >= 4 is 5.82 Å². The monoisotopic (exact) mass is 233 g/mol. The summed E-state index contributed by atoms with van der Waals surface area (Å²) in [6.45, 7) is 0.355. The first-order chi connectivity index (χ1) is 8.22. The number of hydrogen-bond donors (Lipinski definition) is 1. The molecule has 0 aliphatic rings. The van der Waals surface area contributed by atoms with Gasteiger partial charge in [-0.15, -0.1) is 0 Å². The number of para-hydroxylation sites is 2. The van der Waals surface area contributed by atoms with Crippen LogP contribution in [0.5, 0.6) is 11.5 Å². The van der Waals surface area contributed by atoms with Gasteiger partial charge in [-0.3, -0.25) is 0 Å². The van der Waals surface area contributed by atoms with Crippen molar-refractivity contribution in [1.29, 1.82) is 0 Å². The molecule has 1 aromatic carbocycles. The van der Waals surface area contributed by atoms with Crippen LogP contribution in [-0.2, 0) is 13.7 Å². The molecule has 5 heteroatoms. The second-order valence-electron chi connectivity index (χ2n) is 3.60. The van der Waals surface area contributed by atoms with E-state index in [9.17, 15) is 0 Å². The number of methoxy groups -OCH3 is 1. The largest absolute Gasteiger partial charge is 0.493 e.